The summed E-state index contributed by atoms with van der Waals surface area (Å²) in [7, 11) is 3.09. The molecular formula is C48H50F3N9O7. The number of hydrogen-bond donors (Lipinski definition) is 3. The molecule has 4 aliphatic heterocycles. The Kier molecular flexibility index (Phi) is 13.4. The highest BCUT2D eigenvalue weighted by atomic mass is 19.3. The van der Waals surface area contributed by atoms with Crippen molar-refractivity contribution in [2.24, 2.45) is 0 Å². The molecule has 0 aromatic heterocycles. The van der Waals surface area contributed by atoms with Crippen molar-refractivity contribution in [3.8, 4) is 29.1 Å². The van der Waals surface area contributed by atoms with Gasteiger partial charge in [0.05, 0.1) is 56.0 Å². The first-order chi connectivity index (χ1) is 32.2. The van der Waals surface area contributed by atoms with E-state index in [0.29, 0.717) is 73.5 Å². The summed E-state index contributed by atoms with van der Waals surface area (Å²) in [5.41, 5.74) is 2.90. The number of amides is 5. The Labute approximate surface area is 385 Å². The highest BCUT2D eigenvalue weighted by Gasteiger charge is 2.48. The second-order valence-electron chi connectivity index (χ2n) is 16.7. The number of piperazine rings is 1. The lowest BCUT2D eigenvalue weighted by atomic mass is 9.97. The highest BCUT2D eigenvalue weighted by molar-refractivity contribution is 6.22. The monoisotopic (exact) mass is 921 g/mol. The van der Waals surface area contributed by atoms with E-state index < -0.39 is 54.1 Å². The van der Waals surface area contributed by atoms with Crippen molar-refractivity contribution in [3.05, 3.63) is 106 Å². The van der Waals surface area contributed by atoms with Gasteiger partial charge in [-0.05, 0) is 73.0 Å². The SMILES string of the molecule is CCOc1cc(C(CC#N)N2C(=O)c3ccc(N4CCN(C5CCN(Cc6ccc(Oc7cc(NC)c(C(=N)N8CCC(=O)NC8=O)cc7F)cc6)CC5(F)F)CC4)cc3C2=O)ccc1OC. The number of halogens is 3. The summed E-state index contributed by atoms with van der Waals surface area (Å²) in [5, 5.41) is 23.3. The van der Waals surface area contributed by atoms with Crippen LogP contribution in [0.4, 0.5) is 29.3 Å². The number of imide groups is 2. The van der Waals surface area contributed by atoms with Crippen molar-refractivity contribution in [1.82, 2.24) is 24.9 Å². The molecule has 0 bridgehead atoms. The molecule has 4 aromatic carbocycles. The molecule has 5 amide bonds. The van der Waals surface area contributed by atoms with Crippen LogP contribution in [0.3, 0.4) is 0 Å². The number of methoxy groups -OCH3 is 1. The fourth-order valence-corrected chi connectivity index (χ4v) is 9.22. The van der Waals surface area contributed by atoms with Crippen molar-refractivity contribution in [1.29, 1.82) is 10.7 Å². The summed E-state index contributed by atoms with van der Waals surface area (Å²) in [5.74, 6) is -4.45. The van der Waals surface area contributed by atoms with Crippen LogP contribution in [0.5, 0.6) is 23.0 Å². The molecule has 0 spiro atoms. The quantitative estimate of drug-likeness (QED) is 0.0700. The zero-order chi connectivity index (χ0) is 47.6. The third-order valence-corrected chi connectivity index (χ3v) is 12.6. The van der Waals surface area contributed by atoms with Gasteiger partial charge in [-0.3, -0.25) is 44.7 Å². The number of nitrogens with zero attached hydrogens (tertiary/aromatic N) is 6. The number of urea groups is 1. The Morgan fingerprint density at radius 3 is 2.34 bits per heavy atom. The van der Waals surface area contributed by atoms with Gasteiger partial charge in [0, 0.05) is 82.3 Å². The van der Waals surface area contributed by atoms with E-state index in [1.165, 1.54) is 13.2 Å². The summed E-state index contributed by atoms with van der Waals surface area (Å²) in [6.45, 7) is 4.08. The summed E-state index contributed by atoms with van der Waals surface area (Å²) >= 11 is 0. The zero-order valence-corrected chi connectivity index (χ0v) is 37.2. The number of piperidine rings is 1. The Balaban J connectivity index is 0.852. The van der Waals surface area contributed by atoms with Crippen LogP contribution < -0.4 is 29.7 Å². The third-order valence-electron chi connectivity index (χ3n) is 12.6. The minimum Gasteiger partial charge on any atom is -0.493 e. The van der Waals surface area contributed by atoms with Crippen LogP contribution in [0, 0.1) is 22.6 Å². The van der Waals surface area contributed by atoms with Crippen LogP contribution in [0.15, 0.2) is 72.8 Å². The molecule has 16 nitrogen and oxygen atoms in total. The molecule has 19 heteroatoms. The molecule has 4 heterocycles. The summed E-state index contributed by atoms with van der Waals surface area (Å²) in [4.78, 5) is 59.2. The van der Waals surface area contributed by atoms with E-state index in [-0.39, 0.29) is 60.6 Å². The Morgan fingerprint density at radius 1 is 0.925 bits per heavy atom. The van der Waals surface area contributed by atoms with E-state index in [4.69, 9.17) is 19.6 Å². The van der Waals surface area contributed by atoms with Crippen molar-refractivity contribution >= 4 is 41.0 Å². The van der Waals surface area contributed by atoms with Crippen molar-refractivity contribution in [3.63, 3.8) is 0 Å². The summed E-state index contributed by atoms with van der Waals surface area (Å²) < 4.78 is 64.1. The van der Waals surface area contributed by atoms with Crippen LogP contribution >= 0.6 is 0 Å². The second kappa shape index (κ2) is 19.4. The van der Waals surface area contributed by atoms with Crippen LogP contribution in [0.1, 0.15) is 69.6 Å². The first-order valence-corrected chi connectivity index (χ1v) is 22.0. The summed E-state index contributed by atoms with van der Waals surface area (Å²) in [6.07, 6.45) is 0.137. The zero-order valence-electron chi connectivity index (χ0n) is 37.2. The molecule has 0 saturated carbocycles. The van der Waals surface area contributed by atoms with E-state index in [1.807, 2.05) is 16.7 Å². The molecule has 3 N–H and O–H groups in total. The largest absolute Gasteiger partial charge is 0.493 e. The number of nitriles is 1. The Hall–Kier alpha value is -7.17. The lowest BCUT2D eigenvalue weighted by molar-refractivity contribution is -0.129. The van der Waals surface area contributed by atoms with Crippen LogP contribution in [0.25, 0.3) is 0 Å². The topological polar surface area (TPSA) is 184 Å². The first kappa shape index (κ1) is 46.4. The summed E-state index contributed by atoms with van der Waals surface area (Å²) in [6, 6.07) is 18.8. The molecule has 67 heavy (non-hydrogen) atoms. The van der Waals surface area contributed by atoms with Gasteiger partial charge in [0.1, 0.15) is 11.6 Å². The number of benzene rings is 4. The van der Waals surface area contributed by atoms with Gasteiger partial charge in [0.25, 0.3) is 17.7 Å². The average Bonchev–Trinajstić information content (AvgIpc) is 3.56. The molecular weight excluding hydrogens is 872 g/mol. The molecule has 0 aliphatic carbocycles. The van der Waals surface area contributed by atoms with Gasteiger partial charge in [0.15, 0.2) is 23.1 Å². The molecule has 0 radical (unpaired) electrons. The molecule has 4 aromatic rings. The van der Waals surface area contributed by atoms with Gasteiger partial charge in [-0.2, -0.15) is 5.26 Å². The second-order valence-corrected chi connectivity index (χ2v) is 16.7. The van der Waals surface area contributed by atoms with E-state index in [9.17, 15) is 24.4 Å². The fourth-order valence-electron chi connectivity index (χ4n) is 9.22. The molecule has 2 atom stereocenters. The Bertz CT molecular complexity index is 2630. The molecule has 2 unspecified atom stereocenters. The molecule has 350 valence electrons. The van der Waals surface area contributed by atoms with Gasteiger partial charge in [0.2, 0.25) is 5.91 Å². The maximum atomic E-state index is 15.9. The van der Waals surface area contributed by atoms with E-state index in [1.54, 1.807) is 72.6 Å². The minimum absolute atomic E-state index is 0.0111. The number of carbonyl (C=O) groups excluding carboxylic acids is 4. The lowest BCUT2D eigenvalue weighted by Gasteiger charge is -2.46. The maximum Gasteiger partial charge on any atom is 0.329 e. The number of likely N-dealkylation sites (tertiary alicyclic amines) is 1. The number of fused-ring (bicyclic) bond motifs is 1. The number of carbonyl (C=O) groups is 4. The van der Waals surface area contributed by atoms with Crippen LogP contribution in [-0.4, -0.2) is 128 Å². The van der Waals surface area contributed by atoms with E-state index in [2.05, 4.69) is 16.7 Å². The number of ether oxygens (including phenoxy) is 3. The van der Waals surface area contributed by atoms with Gasteiger partial charge in [-0.1, -0.05) is 18.2 Å². The average molecular weight is 922 g/mol. The smallest absolute Gasteiger partial charge is 0.329 e. The van der Waals surface area contributed by atoms with E-state index >= 15 is 13.2 Å². The van der Waals surface area contributed by atoms with Gasteiger partial charge < -0.3 is 24.4 Å². The molecule has 3 fully saturated rings. The van der Waals surface area contributed by atoms with Gasteiger partial charge >= 0.3 is 6.03 Å². The minimum atomic E-state index is -3.00. The van der Waals surface area contributed by atoms with Crippen molar-refractivity contribution < 1.29 is 46.6 Å². The predicted molar refractivity (Wildman–Crippen MR) is 241 cm³/mol. The number of rotatable bonds is 14. The molecule has 4 aliphatic rings. The number of nitrogens with one attached hydrogen (secondary N) is 3. The Morgan fingerprint density at radius 2 is 1.67 bits per heavy atom. The number of anilines is 2. The van der Waals surface area contributed by atoms with Gasteiger partial charge in [-0.15, -0.1) is 0 Å². The lowest BCUT2D eigenvalue weighted by Crippen LogP contribution is -2.61. The molecule has 8 rings (SSSR count). The molecule has 3 saturated heterocycles. The van der Waals surface area contributed by atoms with E-state index in [0.717, 1.165) is 21.4 Å². The van der Waals surface area contributed by atoms with Crippen LogP contribution in [0.2, 0.25) is 0 Å². The maximum absolute atomic E-state index is 15.9. The first-order valence-electron chi connectivity index (χ1n) is 22.0. The highest BCUT2D eigenvalue weighted by Crippen LogP contribution is 2.40. The van der Waals surface area contributed by atoms with Gasteiger partial charge in [-0.25, -0.2) is 18.0 Å². The van der Waals surface area contributed by atoms with Crippen molar-refractivity contribution in [2.45, 2.75) is 50.7 Å². The van der Waals surface area contributed by atoms with Crippen molar-refractivity contribution in [2.75, 3.05) is 76.8 Å². The third kappa shape index (κ3) is 9.45. The number of amidine groups is 1. The number of hydrogen-bond acceptors (Lipinski definition) is 13. The normalized spacial score (nSPS) is 19.1. The van der Waals surface area contributed by atoms with Crippen LogP contribution in [-0.2, 0) is 11.3 Å². The fraction of sp³-hybridized carbons (Fsp3) is 0.375. The standard InChI is InChI=1S/C48H50F3N9O7/c1-4-66-41-23-30(7-12-39(41)65-3)38(13-16-52)60-45(62)33-11-8-31(24-34(33)46(60)63)57-19-21-58(22-20-57)42-14-17-56(28-48(42,50)51)27-29-5-9-32(10-6-29)67-40-26-37(54-2)35(25-36(40)49)44(53)59-18-15-43(61)55-47(59)64/h5-12,23-26,38,42,53-54H,4,13-15,17-22,27-28H2,1-3H3,(H,55,61,64). The number of alkyl halides is 2. The predicted octanol–water partition coefficient (Wildman–Crippen LogP) is 6.62.